The van der Waals surface area contributed by atoms with Crippen LogP contribution in [-0.4, -0.2) is 52.4 Å². The Morgan fingerprint density at radius 1 is 0.696 bits per heavy atom. The first-order chi connectivity index (χ1) is 10.7. The highest BCUT2D eigenvalue weighted by molar-refractivity contribution is 8.14. The summed E-state index contributed by atoms with van der Waals surface area (Å²) in [5, 5.41) is -0.206. The Morgan fingerprint density at radius 3 is 1.17 bits per heavy atom. The number of hydrogen-bond acceptors (Lipinski definition) is 10. The Balaban J connectivity index is 4.26. The fourth-order valence-electron chi connectivity index (χ4n) is 1.12. The molecule has 0 saturated heterocycles. The van der Waals surface area contributed by atoms with Crippen molar-refractivity contribution >= 4 is 58.5 Å². The van der Waals surface area contributed by atoms with Gasteiger partial charge < -0.3 is 0 Å². The van der Waals surface area contributed by atoms with Gasteiger partial charge in [0.15, 0.2) is 15.3 Å². The van der Waals surface area contributed by atoms with Crippen LogP contribution in [0.2, 0.25) is 0 Å². The van der Waals surface area contributed by atoms with Crippen LogP contribution >= 0.6 is 43.1 Å². The van der Waals surface area contributed by atoms with E-state index in [1.165, 1.54) is 20.8 Å². The Hall–Kier alpha value is 0.170. The van der Waals surface area contributed by atoms with Crippen LogP contribution in [-0.2, 0) is 32.5 Å². The van der Waals surface area contributed by atoms with Crippen LogP contribution in [0.1, 0.15) is 20.8 Å². The topological polar surface area (TPSA) is 96.0 Å². The van der Waals surface area contributed by atoms with E-state index in [4.69, 9.17) is 13.6 Å². The van der Waals surface area contributed by atoms with Crippen molar-refractivity contribution < 1.29 is 32.5 Å². The molecule has 134 valence electrons. The summed E-state index contributed by atoms with van der Waals surface area (Å²) in [4.78, 5) is 32.5. The molecule has 23 heavy (non-hydrogen) atoms. The van der Waals surface area contributed by atoms with E-state index in [1.807, 2.05) is 0 Å². The summed E-state index contributed by atoms with van der Waals surface area (Å²) in [7, 11) is -3.77. The molecule has 0 heterocycles. The zero-order chi connectivity index (χ0) is 17.7. The quantitative estimate of drug-likeness (QED) is 0.357. The molecule has 0 amide bonds. The maximum absolute atomic E-state index is 12.4. The summed E-state index contributed by atoms with van der Waals surface area (Å²) in [6, 6.07) is 0. The van der Waals surface area contributed by atoms with Crippen LogP contribution in [0.15, 0.2) is 0 Å². The molecule has 0 aromatic heterocycles. The molecule has 11 heteroatoms. The van der Waals surface area contributed by atoms with Gasteiger partial charge in [-0.3, -0.25) is 28.0 Å². The van der Waals surface area contributed by atoms with Gasteiger partial charge in [0, 0.05) is 38.0 Å². The van der Waals surface area contributed by atoms with E-state index in [0.29, 0.717) is 17.3 Å². The van der Waals surface area contributed by atoms with E-state index in [0.717, 1.165) is 35.3 Å². The minimum atomic E-state index is -3.77. The largest absolute Gasteiger partial charge is 0.474 e. The van der Waals surface area contributed by atoms with E-state index in [1.54, 1.807) is 0 Å². The van der Waals surface area contributed by atoms with Crippen molar-refractivity contribution in [3.63, 3.8) is 0 Å². The smallest absolute Gasteiger partial charge is 0.288 e. The lowest BCUT2D eigenvalue weighted by atomic mass is 10.9. The van der Waals surface area contributed by atoms with Gasteiger partial charge in [-0.15, -0.1) is 0 Å². The molecule has 0 spiro atoms. The van der Waals surface area contributed by atoms with Gasteiger partial charge in [-0.2, -0.15) is 0 Å². The summed E-state index contributed by atoms with van der Waals surface area (Å²) in [6.07, 6.45) is 0. The second-order valence-corrected chi connectivity index (χ2v) is 9.45. The van der Waals surface area contributed by atoms with Crippen molar-refractivity contribution in [1.29, 1.82) is 0 Å². The first kappa shape index (κ1) is 23.2. The van der Waals surface area contributed by atoms with Crippen molar-refractivity contribution in [3.8, 4) is 0 Å². The van der Waals surface area contributed by atoms with Crippen molar-refractivity contribution in [2.24, 2.45) is 0 Å². The SMILES string of the molecule is CC(=O)SCCOP(=O)(OCCSC(C)=O)OCCSC(C)=O. The molecule has 0 fully saturated rings. The lowest BCUT2D eigenvalue weighted by Crippen LogP contribution is -2.08. The van der Waals surface area contributed by atoms with Gasteiger partial charge in [0.05, 0.1) is 19.8 Å². The highest BCUT2D eigenvalue weighted by Crippen LogP contribution is 2.49. The molecule has 0 aliphatic carbocycles. The molecule has 0 rings (SSSR count). The molecule has 0 aromatic rings. The molecule has 0 bridgehead atoms. The van der Waals surface area contributed by atoms with Crippen LogP contribution in [0.4, 0.5) is 0 Å². The second kappa shape index (κ2) is 13.5. The molecule has 0 aromatic carbocycles. The number of phosphoric ester groups is 1. The van der Waals surface area contributed by atoms with E-state index in [9.17, 15) is 18.9 Å². The fraction of sp³-hybridized carbons (Fsp3) is 0.750. The normalized spacial score (nSPS) is 11.4. The number of thioether (sulfide) groups is 3. The monoisotopic (exact) mass is 404 g/mol. The van der Waals surface area contributed by atoms with Crippen molar-refractivity contribution in [2.75, 3.05) is 37.1 Å². The first-order valence-corrected chi connectivity index (χ1v) is 11.1. The van der Waals surface area contributed by atoms with E-state index < -0.39 is 7.82 Å². The molecular formula is C12H21O7PS3. The standard InChI is InChI=1S/C12H21O7PS3/c1-10(13)21-7-4-17-20(16,18-5-8-22-11(2)14)19-6-9-23-12(3)15/h4-9H2,1-3H3. The number of hydrogen-bond donors (Lipinski definition) is 0. The Labute approximate surface area is 148 Å². The zero-order valence-corrected chi connectivity index (χ0v) is 16.6. The maximum atomic E-state index is 12.4. The van der Waals surface area contributed by atoms with Gasteiger partial charge in [0.1, 0.15) is 0 Å². The molecule has 0 unspecified atom stereocenters. The summed E-state index contributed by atoms with van der Waals surface area (Å²) >= 11 is 3.13. The predicted octanol–water partition coefficient (Wildman–Crippen LogP) is 2.98. The van der Waals surface area contributed by atoms with Crippen molar-refractivity contribution in [3.05, 3.63) is 0 Å². The summed E-state index contributed by atoms with van der Waals surface area (Å²) in [5.41, 5.74) is 0. The number of rotatable bonds is 12. The summed E-state index contributed by atoms with van der Waals surface area (Å²) < 4.78 is 27.8. The van der Waals surface area contributed by atoms with Crippen molar-refractivity contribution in [2.45, 2.75) is 20.8 Å². The van der Waals surface area contributed by atoms with Crippen LogP contribution in [0, 0.1) is 0 Å². The van der Waals surface area contributed by atoms with Gasteiger partial charge in [-0.1, -0.05) is 35.3 Å². The summed E-state index contributed by atoms with van der Waals surface area (Å²) in [5.74, 6) is 0.989. The molecule has 0 saturated carbocycles. The number of carbonyl (C=O) groups is 3. The third-order valence-electron chi connectivity index (χ3n) is 1.91. The average molecular weight is 404 g/mol. The van der Waals surface area contributed by atoms with E-state index in [-0.39, 0.29) is 35.2 Å². The van der Waals surface area contributed by atoms with Crippen LogP contribution in [0.25, 0.3) is 0 Å². The van der Waals surface area contributed by atoms with Gasteiger partial charge in [-0.25, -0.2) is 4.57 Å². The predicted molar refractivity (Wildman–Crippen MR) is 94.9 cm³/mol. The molecular weight excluding hydrogens is 383 g/mol. The lowest BCUT2D eigenvalue weighted by molar-refractivity contribution is -0.109. The highest BCUT2D eigenvalue weighted by atomic mass is 32.2. The molecule has 7 nitrogen and oxygen atoms in total. The Kier molecular flexibility index (Phi) is 13.6. The minimum absolute atomic E-state index is 0.0290. The third kappa shape index (κ3) is 15.4. The molecule has 0 N–H and O–H groups in total. The van der Waals surface area contributed by atoms with Crippen LogP contribution in [0.3, 0.4) is 0 Å². The van der Waals surface area contributed by atoms with Crippen molar-refractivity contribution in [1.82, 2.24) is 0 Å². The van der Waals surface area contributed by atoms with Gasteiger partial charge in [-0.05, 0) is 0 Å². The van der Waals surface area contributed by atoms with Gasteiger partial charge >= 0.3 is 7.82 Å². The van der Waals surface area contributed by atoms with E-state index >= 15 is 0 Å². The second-order valence-electron chi connectivity index (χ2n) is 3.97. The van der Waals surface area contributed by atoms with Crippen LogP contribution < -0.4 is 0 Å². The van der Waals surface area contributed by atoms with Gasteiger partial charge in [0.2, 0.25) is 0 Å². The minimum Gasteiger partial charge on any atom is -0.288 e. The number of carbonyl (C=O) groups excluding carboxylic acids is 3. The maximum Gasteiger partial charge on any atom is 0.474 e. The average Bonchev–Trinajstić information content (AvgIpc) is 2.44. The molecule has 0 radical (unpaired) electrons. The third-order valence-corrected chi connectivity index (χ3v) is 5.74. The molecule has 0 aliphatic heterocycles. The molecule has 0 aliphatic rings. The Morgan fingerprint density at radius 2 is 0.957 bits per heavy atom. The zero-order valence-electron chi connectivity index (χ0n) is 13.3. The van der Waals surface area contributed by atoms with Gasteiger partial charge in [0.25, 0.3) is 0 Å². The fourth-order valence-corrected chi connectivity index (χ4v) is 4.02. The molecule has 0 atom stereocenters. The lowest BCUT2D eigenvalue weighted by Gasteiger charge is -2.17. The summed E-state index contributed by atoms with van der Waals surface area (Å²) in [6.45, 7) is 4.36. The van der Waals surface area contributed by atoms with E-state index in [2.05, 4.69) is 0 Å². The highest BCUT2D eigenvalue weighted by Gasteiger charge is 2.26. The first-order valence-electron chi connectivity index (χ1n) is 6.69. The Bertz CT molecular complexity index is 383. The number of phosphoric acid groups is 1. The van der Waals surface area contributed by atoms with Crippen LogP contribution in [0.5, 0.6) is 0 Å².